The Bertz CT molecular complexity index is 415. The summed E-state index contributed by atoms with van der Waals surface area (Å²) >= 11 is 0. The highest BCUT2D eigenvalue weighted by atomic mass is 16.6. The van der Waals surface area contributed by atoms with Crippen LogP contribution in [-0.2, 0) is 4.74 Å². The molecule has 1 aliphatic rings. The van der Waals surface area contributed by atoms with E-state index in [1.807, 2.05) is 26.0 Å². The van der Waals surface area contributed by atoms with E-state index in [9.17, 15) is 10.1 Å². The van der Waals surface area contributed by atoms with Crippen molar-refractivity contribution in [3.8, 4) is 0 Å². The summed E-state index contributed by atoms with van der Waals surface area (Å²) in [6.07, 6.45) is 0. The summed E-state index contributed by atoms with van der Waals surface area (Å²) < 4.78 is 5.07. The quantitative estimate of drug-likeness (QED) is 0.616. The molecule has 0 atom stereocenters. The average molecular weight is 295 g/mol. The molecule has 6 nitrogen and oxygen atoms in total. The highest BCUT2D eigenvalue weighted by Gasteiger charge is 2.17. The number of methoxy groups -OCH3 is 1. The molecule has 0 amide bonds. The molecule has 0 N–H and O–H groups in total. The number of rotatable bonds is 5. The van der Waals surface area contributed by atoms with Crippen LogP contribution in [0.2, 0.25) is 0 Å². The van der Waals surface area contributed by atoms with E-state index in [1.54, 1.807) is 19.2 Å². The zero-order valence-electron chi connectivity index (χ0n) is 13.1. The second kappa shape index (κ2) is 9.31. The molecule has 0 aliphatic carbocycles. The van der Waals surface area contributed by atoms with E-state index < -0.39 is 0 Å². The van der Waals surface area contributed by atoms with Crippen LogP contribution < -0.4 is 4.90 Å². The SMILES string of the molecule is CC.COCCN1CCN(c2ccc([N+](=O)[O-])cc2)CC1. The van der Waals surface area contributed by atoms with Crippen molar-refractivity contribution in [1.29, 1.82) is 0 Å². The van der Waals surface area contributed by atoms with Gasteiger partial charge in [-0.3, -0.25) is 15.0 Å². The summed E-state index contributed by atoms with van der Waals surface area (Å²) in [5.74, 6) is 0. The molecular weight excluding hydrogens is 270 g/mol. The van der Waals surface area contributed by atoms with Gasteiger partial charge in [-0.2, -0.15) is 0 Å². The highest BCUT2D eigenvalue weighted by Crippen LogP contribution is 2.20. The van der Waals surface area contributed by atoms with Crippen molar-refractivity contribution >= 4 is 11.4 Å². The number of hydrogen-bond acceptors (Lipinski definition) is 5. The first-order valence-corrected chi connectivity index (χ1v) is 7.41. The number of nitrogens with zero attached hydrogens (tertiary/aromatic N) is 3. The lowest BCUT2D eigenvalue weighted by Gasteiger charge is -2.35. The van der Waals surface area contributed by atoms with Crippen molar-refractivity contribution < 1.29 is 9.66 Å². The Morgan fingerprint density at radius 3 is 2.19 bits per heavy atom. The summed E-state index contributed by atoms with van der Waals surface area (Å²) in [5.41, 5.74) is 1.19. The van der Waals surface area contributed by atoms with Crippen molar-refractivity contribution in [3.63, 3.8) is 0 Å². The molecule has 1 heterocycles. The second-order valence-corrected chi connectivity index (χ2v) is 4.59. The van der Waals surface area contributed by atoms with Crippen LogP contribution in [0, 0.1) is 10.1 Å². The fourth-order valence-corrected chi connectivity index (χ4v) is 2.24. The molecule has 0 saturated carbocycles. The molecule has 0 spiro atoms. The number of anilines is 1. The molecule has 1 aromatic carbocycles. The largest absolute Gasteiger partial charge is 0.383 e. The van der Waals surface area contributed by atoms with Gasteiger partial charge in [0.15, 0.2) is 0 Å². The molecule has 0 radical (unpaired) electrons. The van der Waals surface area contributed by atoms with E-state index >= 15 is 0 Å². The molecule has 21 heavy (non-hydrogen) atoms. The second-order valence-electron chi connectivity index (χ2n) is 4.59. The predicted octanol–water partition coefficient (Wildman–Crippen LogP) is 2.39. The van der Waals surface area contributed by atoms with Gasteiger partial charge in [-0.25, -0.2) is 0 Å². The van der Waals surface area contributed by atoms with Gasteiger partial charge < -0.3 is 9.64 Å². The van der Waals surface area contributed by atoms with Crippen molar-refractivity contribution in [1.82, 2.24) is 4.90 Å². The molecule has 118 valence electrons. The molecule has 1 fully saturated rings. The van der Waals surface area contributed by atoms with Crippen LogP contribution in [0.1, 0.15) is 13.8 Å². The van der Waals surface area contributed by atoms with Gasteiger partial charge in [-0.15, -0.1) is 0 Å². The third kappa shape index (κ3) is 5.32. The molecule has 1 aliphatic heterocycles. The Morgan fingerprint density at radius 1 is 1.14 bits per heavy atom. The van der Waals surface area contributed by atoms with Crippen molar-refractivity contribution in [2.24, 2.45) is 0 Å². The molecule has 1 saturated heterocycles. The van der Waals surface area contributed by atoms with Gasteiger partial charge >= 0.3 is 0 Å². The van der Waals surface area contributed by atoms with Crippen LogP contribution in [0.25, 0.3) is 0 Å². The number of non-ortho nitro benzene ring substituents is 1. The lowest BCUT2D eigenvalue weighted by Crippen LogP contribution is -2.47. The van der Waals surface area contributed by atoms with Crippen molar-refractivity contribution in [2.45, 2.75) is 13.8 Å². The van der Waals surface area contributed by atoms with E-state index in [0.29, 0.717) is 0 Å². The minimum atomic E-state index is -0.369. The Balaban J connectivity index is 0.00000106. The van der Waals surface area contributed by atoms with Crippen molar-refractivity contribution in [3.05, 3.63) is 34.4 Å². The monoisotopic (exact) mass is 295 g/mol. The first-order valence-electron chi connectivity index (χ1n) is 7.41. The molecule has 1 aromatic rings. The van der Waals surface area contributed by atoms with Gasteiger partial charge in [0, 0.05) is 57.7 Å². The average Bonchev–Trinajstić information content (AvgIpc) is 2.55. The molecule has 6 heteroatoms. The first kappa shape index (κ1) is 17.4. The topological polar surface area (TPSA) is 58.8 Å². The van der Waals surface area contributed by atoms with Crippen LogP contribution in [0.5, 0.6) is 0 Å². The zero-order chi connectivity index (χ0) is 15.7. The number of ether oxygens (including phenoxy) is 1. The Morgan fingerprint density at radius 2 is 1.71 bits per heavy atom. The number of nitro groups is 1. The van der Waals surface area contributed by atoms with E-state index in [4.69, 9.17) is 4.74 Å². The van der Waals surface area contributed by atoms with Gasteiger partial charge in [0.05, 0.1) is 11.5 Å². The number of benzene rings is 1. The minimum Gasteiger partial charge on any atom is -0.383 e. The van der Waals surface area contributed by atoms with E-state index in [-0.39, 0.29) is 10.6 Å². The lowest BCUT2D eigenvalue weighted by molar-refractivity contribution is -0.384. The van der Waals surface area contributed by atoms with Gasteiger partial charge in [-0.05, 0) is 12.1 Å². The summed E-state index contributed by atoms with van der Waals surface area (Å²) in [7, 11) is 1.72. The first-order chi connectivity index (χ1) is 10.2. The Hall–Kier alpha value is -1.66. The van der Waals surface area contributed by atoms with E-state index in [0.717, 1.165) is 45.0 Å². The van der Waals surface area contributed by atoms with E-state index in [2.05, 4.69) is 9.80 Å². The predicted molar refractivity (Wildman–Crippen MR) is 85.0 cm³/mol. The van der Waals surface area contributed by atoms with Gasteiger partial charge in [-0.1, -0.05) is 13.8 Å². The molecular formula is C15H25N3O3. The van der Waals surface area contributed by atoms with Crippen LogP contribution in [0.4, 0.5) is 11.4 Å². The van der Waals surface area contributed by atoms with Crippen LogP contribution in [-0.4, -0.2) is 56.3 Å². The minimum absolute atomic E-state index is 0.141. The summed E-state index contributed by atoms with van der Waals surface area (Å²) in [5, 5.41) is 10.6. The Labute approximate surface area is 126 Å². The molecule has 0 aromatic heterocycles. The van der Waals surface area contributed by atoms with Crippen LogP contribution >= 0.6 is 0 Å². The van der Waals surface area contributed by atoms with Crippen LogP contribution in [0.15, 0.2) is 24.3 Å². The van der Waals surface area contributed by atoms with Gasteiger partial charge in [0.25, 0.3) is 5.69 Å². The van der Waals surface area contributed by atoms with Crippen LogP contribution in [0.3, 0.4) is 0 Å². The van der Waals surface area contributed by atoms with Gasteiger partial charge in [0.1, 0.15) is 0 Å². The maximum Gasteiger partial charge on any atom is 0.269 e. The number of hydrogen-bond donors (Lipinski definition) is 0. The standard InChI is InChI=1S/C13H19N3O3.C2H6/c1-19-11-10-14-6-8-15(9-7-14)12-2-4-13(5-3-12)16(17)18;1-2/h2-5H,6-11H2,1H3;1-2H3. The lowest BCUT2D eigenvalue weighted by atomic mass is 10.2. The Kier molecular flexibility index (Phi) is 7.71. The summed E-state index contributed by atoms with van der Waals surface area (Å²) in [6.45, 7) is 9.62. The third-order valence-corrected chi connectivity index (χ3v) is 3.41. The molecule has 0 bridgehead atoms. The fraction of sp³-hybridized carbons (Fsp3) is 0.600. The summed E-state index contributed by atoms with van der Waals surface area (Å²) in [4.78, 5) is 14.9. The third-order valence-electron chi connectivity index (χ3n) is 3.41. The maximum atomic E-state index is 10.6. The maximum absolute atomic E-state index is 10.6. The van der Waals surface area contributed by atoms with E-state index in [1.165, 1.54) is 0 Å². The van der Waals surface area contributed by atoms with Crippen molar-refractivity contribution in [2.75, 3.05) is 51.3 Å². The normalized spacial score (nSPS) is 15.3. The highest BCUT2D eigenvalue weighted by molar-refractivity contribution is 5.51. The number of nitro benzene ring substituents is 1. The molecule has 2 rings (SSSR count). The smallest absolute Gasteiger partial charge is 0.269 e. The summed E-state index contributed by atoms with van der Waals surface area (Å²) in [6, 6.07) is 6.77. The number of piperazine rings is 1. The zero-order valence-corrected chi connectivity index (χ0v) is 13.1. The molecule has 0 unspecified atom stereocenters. The van der Waals surface area contributed by atoms with Gasteiger partial charge in [0.2, 0.25) is 0 Å². The fourth-order valence-electron chi connectivity index (χ4n) is 2.24.